The lowest BCUT2D eigenvalue weighted by atomic mass is 10.0. The molecule has 0 unspecified atom stereocenters. The van der Waals surface area contributed by atoms with Crippen molar-refractivity contribution in [2.75, 3.05) is 13.6 Å². The van der Waals surface area contributed by atoms with Crippen LogP contribution in [0.25, 0.3) is 0 Å². The standard InChI is InChI=1S/C17H23N3S.ClH/c1-6-20(5)11-18-16-8-12(2)15(7-13(16)3)9-17-19-14(4)10-21-17;/h7-8,10-11H,6,9H2,1-5H3;1H. The Labute approximate surface area is 143 Å². The van der Waals surface area contributed by atoms with Gasteiger partial charge in [-0.1, -0.05) is 6.07 Å². The van der Waals surface area contributed by atoms with Crippen LogP contribution < -0.4 is 0 Å². The molecule has 5 heteroatoms. The molecule has 22 heavy (non-hydrogen) atoms. The van der Waals surface area contributed by atoms with Crippen molar-refractivity contribution in [1.29, 1.82) is 0 Å². The van der Waals surface area contributed by atoms with Crippen LogP contribution in [0.15, 0.2) is 22.5 Å². The molecule has 0 saturated carbocycles. The molecule has 0 aliphatic rings. The van der Waals surface area contributed by atoms with Crippen molar-refractivity contribution in [1.82, 2.24) is 9.88 Å². The molecular weight excluding hydrogens is 314 g/mol. The summed E-state index contributed by atoms with van der Waals surface area (Å²) in [4.78, 5) is 11.2. The molecule has 0 N–H and O–H groups in total. The number of halogens is 1. The van der Waals surface area contributed by atoms with Gasteiger partial charge in [-0.15, -0.1) is 23.7 Å². The van der Waals surface area contributed by atoms with E-state index >= 15 is 0 Å². The minimum absolute atomic E-state index is 0. The summed E-state index contributed by atoms with van der Waals surface area (Å²) in [6.07, 6.45) is 2.80. The lowest BCUT2D eigenvalue weighted by Crippen LogP contribution is -2.14. The highest BCUT2D eigenvalue weighted by molar-refractivity contribution is 7.09. The van der Waals surface area contributed by atoms with Crippen LogP contribution in [0.5, 0.6) is 0 Å². The van der Waals surface area contributed by atoms with E-state index in [0.717, 1.165) is 24.3 Å². The number of hydrogen-bond donors (Lipinski definition) is 0. The predicted octanol–water partition coefficient (Wildman–Crippen LogP) is 4.69. The van der Waals surface area contributed by atoms with E-state index in [9.17, 15) is 0 Å². The number of hydrogen-bond acceptors (Lipinski definition) is 3. The SMILES string of the molecule is CCN(C)C=Nc1cc(C)c(Cc2nc(C)cs2)cc1C.Cl. The van der Waals surface area contributed by atoms with Gasteiger partial charge in [0.05, 0.1) is 17.0 Å². The molecule has 0 aliphatic carbocycles. The monoisotopic (exact) mass is 337 g/mol. The summed E-state index contributed by atoms with van der Waals surface area (Å²) in [7, 11) is 2.03. The second kappa shape index (κ2) is 8.30. The fraction of sp³-hybridized carbons (Fsp3) is 0.412. The van der Waals surface area contributed by atoms with Crippen LogP contribution in [0.3, 0.4) is 0 Å². The first kappa shape index (κ1) is 18.7. The molecule has 0 spiro atoms. The zero-order valence-corrected chi connectivity index (χ0v) is 15.5. The number of thiazole rings is 1. The number of nitrogens with zero attached hydrogens (tertiary/aromatic N) is 3. The molecule has 0 amide bonds. The number of aromatic nitrogens is 1. The molecule has 2 aromatic rings. The zero-order chi connectivity index (χ0) is 15.4. The van der Waals surface area contributed by atoms with Crippen LogP contribution in [0.2, 0.25) is 0 Å². The van der Waals surface area contributed by atoms with Gasteiger partial charge in [0.1, 0.15) is 0 Å². The predicted molar refractivity (Wildman–Crippen MR) is 99.3 cm³/mol. The van der Waals surface area contributed by atoms with E-state index in [1.165, 1.54) is 21.7 Å². The van der Waals surface area contributed by atoms with Gasteiger partial charge in [-0.05, 0) is 50.5 Å². The minimum Gasteiger partial charge on any atom is -0.366 e. The van der Waals surface area contributed by atoms with Crippen LogP contribution in [0.4, 0.5) is 5.69 Å². The second-order valence-electron chi connectivity index (χ2n) is 5.44. The molecule has 0 bridgehead atoms. The molecule has 1 aromatic carbocycles. The molecule has 3 nitrogen and oxygen atoms in total. The van der Waals surface area contributed by atoms with Crippen molar-refractivity contribution in [2.45, 2.75) is 34.1 Å². The Morgan fingerprint density at radius 2 is 1.95 bits per heavy atom. The third-order valence-corrected chi connectivity index (χ3v) is 4.52. The van der Waals surface area contributed by atoms with Gasteiger partial charge < -0.3 is 4.90 Å². The maximum atomic E-state index is 4.58. The van der Waals surface area contributed by atoms with Gasteiger partial charge in [0.2, 0.25) is 0 Å². The lowest BCUT2D eigenvalue weighted by molar-refractivity contribution is 0.552. The van der Waals surface area contributed by atoms with Crippen LogP contribution in [0, 0.1) is 20.8 Å². The van der Waals surface area contributed by atoms with E-state index in [2.05, 4.69) is 53.2 Å². The Morgan fingerprint density at radius 1 is 1.23 bits per heavy atom. The number of benzene rings is 1. The molecule has 0 aliphatic heterocycles. The molecule has 0 radical (unpaired) electrons. The van der Waals surface area contributed by atoms with Gasteiger partial charge in [-0.2, -0.15) is 0 Å². The summed E-state index contributed by atoms with van der Waals surface area (Å²) in [5.74, 6) is 0. The van der Waals surface area contributed by atoms with Crippen LogP contribution in [-0.4, -0.2) is 29.8 Å². The van der Waals surface area contributed by atoms with Gasteiger partial charge in [0.25, 0.3) is 0 Å². The third kappa shape index (κ3) is 4.82. The molecule has 120 valence electrons. The zero-order valence-electron chi connectivity index (χ0n) is 13.9. The molecule has 1 aromatic heterocycles. The Balaban J connectivity index is 0.00000242. The lowest BCUT2D eigenvalue weighted by Gasteiger charge is -2.11. The highest BCUT2D eigenvalue weighted by atomic mass is 35.5. The highest BCUT2D eigenvalue weighted by Gasteiger charge is 2.07. The number of rotatable bonds is 5. The van der Waals surface area contributed by atoms with Crippen molar-refractivity contribution in [3.05, 3.63) is 44.9 Å². The second-order valence-corrected chi connectivity index (χ2v) is 6.39. The number of aliphatic imine (C=N–C) groups is 1. The quantitative estimate of drug-likeness (QED) is 0.584. The van der Waals surface area contributed by atoms with Crippen LogP contribution in [0.1, 0.15) is 34.3 Å². The molecular formula is C17H24ClN3S. The minimum atomic E-state index is 0. The first-order chi connectivity index (χ1) is 9.99. The van der Waals surface area contributed by atoms with E-state index in [0.29, 0.717) is 0 Å². The summed E-state index contributed by atoms with van der Waals surface area (Å²) in [5.41, 5.74) is 5.98. The van der Waals surface area contributed by atoms with Gasteiger partial charge in [0, 0.05) is 31.1 Å². The molecule has 2 rings (SSSR count). The van der Waals surface area contributed by atoms with Crippen molar-refractivity contribution in [3.63, 3.8) is 0 Å². The van der Waals surface area contributed by atoms with Crippen LogP contribution in [-0.2, 0) is 6.42 Å². The van der Waals surface area contributed by atoms with Gasteiger partial charge >= 0.3 is 0 Å². The first-order valence-electron chi connectivity index (χ1n) is 7.25. The smallest absolute Gasteiger partial charge is 0.0972 e. The average Bonchev–Trinajstić information content (AvgIpc) is 2.86. The van der Waals surface area contributed by atoms with Gasteiger partial charge in [0.15, 0.2) is 0 Å². The van der Waals surface area contributed by atoms with E-state index in [1.807, 2.05) is 20.3 Å². The van der Waals surface area contributed by atoms with Gasteiger partial charge in [-0.25, -0.2) is 9.98 Å². The Bertz CT molecular complexity index is 649. The van der Waals surface area contributed by atoms with Crippen LogP contribution >= 0.6 is 23.7 Å². The van der Waals surface area contributed by atoms with E-state index in [1.54, 1.807) is 11.3 Å². The van der Waals surface area contributed by atoms with Crippen molar-refractivity contribution in [2.24, 2.45) is 4.99 Å². The van der Waals surface area contributed by atoms with Crippen molar-refractivity contribution >= 4 is 35.8 Å². The van der Waals surface area contributed by atoms with E-state index < -0.39 is 0 Å². The summed E-state index contributed by atoms with van der Waals surface area (Å²) in [5, 5.41) is 3.29. The van der Waals surface area contributed by atoms with Crippen molar-refractivity contribution in [3.8, 4) is 0 Å². The third-order valence-electron chi connectivity index (χ3n) is 3.56. The number of aryl methyl sites for hydroxylation is 3. The Hall–Kier alpha value is -1.39. The fourth-order valence-corrected chi connectivity index (χ4v) is 2.87. The maximum absolute atomic E-state index is 4.58. The Morgan fingerprint density at radius 3 is 2.55 bits per heavy atom. The normalized spacial score (nSPS) is 10.8. The molecule has 0 atom stereocenters. The topological polar surface area (TPSA) is 28.5 Å². The summed E-state index contributed by atoms with van der Waals surface area (Å²) >= 11 is 1.73. The molecule has 0 fully saturated rings. The summed E-state index contributed by atoms with van der Waals surface area (Å²) in [6, 6.07) is 4.41. The summed E-state index contributed by atoms with van der Waals surface area (Å²) < 4.78 is 0. The average molecular weight is 338 g/mol. The maximum Gasteiger partial charge on any atom is 0.0972 e. The van der Waals surface area contributed by atoms with E-state index in [4.69, 9.17) is 0 Å². The summed E-state index contributed by atoms with van der Waals surface area (Å²) in [6.45, 7) is 9.39. The molecule has 0 saturated heterocycles. The fourth-order valence-electron chi connectivity index (χ4n) is 2.08. The molecule has 1 heterocycles. The highest BCUT2D eigenvalue weighted by Crippen LogP contribution is 2.25. The Kier molecular flexibility index (Phi) is 7.04. The van der Waals surface area contributed by atoms with E-state index in [-0.39, 0.29) is 12.4 Å². The largest absolute Gasteiger partial charge is 0.366 e. The van der Waals surface area contributed by atoms with Gasteiger partial charge in [-0.3, -0.25) is 0 Å². The first-order valence-corrected chi connectivity index (χ1v) is 8.13. The van der Waals surface area contributed by atoms with Crippen molar-refractivity contribution < 1.29 is 0 Å².